The number of nitrogens with zero attached hydrogens (tertiary/aromatic N) is 1. The van der Waals surface area contributed by atoms with Crippen molar-refractivity contribution in [2.75, 3.05) is 40.9 Å². The van der Waals surface area contributed by atoms with E-state index in [1.54, 1.807) is 6.08 Å². The maximum absolute atomic E-state index is 13.0. The highest BCUT2D eigenvalue weighted by atomic mass is 31.2. The monoisotopic (exact) mass is 1040 g/mol. The number of rotatable bonds is 58. The number of nitrogens with one attached hydrogen (secondary N) is 1. The fraction of sp³-hybridized carbons (Fsp3) is 0.889. The average Bonchev–Trinajstić information content (AvgIpc) is 3.34. The molecule has 9 heteroatoms. The van der Waals surface area contributed by atoms with Crippen molar-refractivity contribution in [3.05, 3.63) is 36.5 Å². The van der Waals surface area contributed by atoms with E-state index in [0.29, 0.717) is 17.4 Å². The number of allylic oxidation sites excluding steroid dienone is 5. The second-order valence-electron chi connectivity index (χ2n) is 22.8. The lowest BCUT2D eigenvalue weighted by atomic mass is 10.0. The lowest BCUT2D eigenvalue weighted by Crippen LogP contribution is -2.45. The molecular weight excluding hydrogens is 912 g/mol. The number of aliphatic hydroxyl groups is 1. The smallest absolute Gasteiger partial charge is 0.387 e. The number of carbonyl (C=O) groups is 1. The summed E-state index contributed by atoms with van der Waals surface area (Å²) in [6.45, 7) is 4.86. The summed E-state index contributed by atoms with van der Waals surface area (Å²) in [7, 11) is 1.58. The summed E-state index contributed by atoms with van der Waals surface area (Å²) in [6.07, 6.45) is 71.2. The van der Waals surface area contributed by atoms with Gasteiger partial charge in [-0.3, -0.25) is 13.8 Å². The van der Waals surface area contributed by atoms with Gasteiger partial charge in [0.1, 0.15) is 13.2 Å². The van der Waals surface area contributed by atoms with Crippen molar-refractivity contribution >= 4 is 13.7 Å². The molecule has 3 unspecified atom stereocenters. The summed E-state index contributed by atoms with van der Waals surface area (Å²) in [6, 6.07) is -0.846. The third-order valence-electron chi connectivity index (χ3n) is 14.4. The van der Waals surface area contributed by atoms with Crippen LogP contribution in [0.4, 0.5) is 0 Å². The Bertz CT molecular complexity index is 1270. The molecule has 1 amide bonds. The topological polar surface area (TPSA) is 105 Å². The van der Waals surface area contributed by atoms with Gasteiger partial charge < -0.3 is 19.8 Å². The number of unbranched alkanes of at least 4 members (excludes halogenated alkanes) is 41. The summed E-state index contributed by atoms with van der Waals surface area (Å²) < 4.78 is 23.7. The van der Waals surface area contributed by atoms with E-state index in [2.05, 4.69) is 43.5 Å². The molecule has 3 atom stereocenters. The van der Waals surface area contributed by atoms with Crippen molar-refractivity contribution in [1.82, 2.24) is 5.32 Å². The van der Waals surface area contributed by atoms with E-state index in [1.165, 1.54) is 244 Å². The summed E-state index contributed by atoms with van der Waals surface area (Å²) >= 11 is 0. The van der Waals surface area contributed by atoms with Gasteiger partial charge >= 0.3 is 7.82 Å². The first kappa shape index (κ1) is 70.7. The van der Waals surface area contributed by atoms with Gasteiger partial charge in [0.2, 0.25) is 5.91 Å². The van der Waals surface area contributed by atoms with Crippen LogP contribution < -0.4 is 5.32 Å². The van der Waals surface area contributed by atoms with Crippen LogP contribution in [0.15, 0.2) is 36.5 Å². The first-order valence-electron chi connectivity index (χ1n) is 31.4. The molecule has 0 bridgehead atoms. The van der Waals surface area contributed by atoms with E-state index in [4.69, 9.17) is 9.05 Å². The fourth-order valence-electron chi connectivity index (χ4n) is 9.43. The number of phosphoric ester groups is 1. The van der Waals surface area contributed by atoms with Gasteiger partial charge in [0.05, 0.1) is 39.9 Å². The Labute approximate surface area is 448 Å². The number of likely N-dealkylation sites (N-methyl/N-ethyl adjacent to an activating group) is 1. The molecule has 0 aromatic heterocycles. The SMILES string of the molecule is CCCCCCCCCCC/C=C\C/C=C\CCCCCCCCCCCCCCCCCC(=O)NC(COP(=O)(O)OCC[N+](C)(C)C)C(O)/C=C/CCCCCCCCCCCCCCCCCCC. The third kappa shape index (κ3) is 56.4. The molecule has 0 fully saturated rings. The molecule has 0 aliphatic carbocycles. The zero-order valence-corrected chi connectivity index (χ0v) is 49.6. The molecule has 0 aliphatic rings. The molecule has 0 aliphatic heterocycles. The summed E-state index contributed by atoms with van der Waals surface area (Å²) in [5.41, 5.74) is 0. The maximum Gasteiger partial charge on any atom is 0.472 e. The fourth-order valence-corrected chi connectivity index (χ4v) is 10.2. The number of aliphatic hydroxyl groups excluding tert-OH is 1. The van der Waals surface area contributed by atoms with E-state index < -0.39 is 20.0 Å². The van der Waals surface area contributed by atoms with Crippen molar-refractivity contribution in [3.8, 4) is 0 Å². The minimum atomic E-state index is -4.35. The molecule has 72 heavy (non-hydrogen) atoms. The standard InChI is InChI=1S/C63H123N2O6P/c1-6-8-10-12-14-16-18-20-22-24-26-27-28-29-30-31-32-33-34-35-36-37-39-41-43-45-47-49-51-53-55-57-63(67)64-61(60-71-72(68,69)70-59-58-65(3,4)5)62(66)56-54-52-50-48-46-44-42-40-38-25-23-21-19-17-15-13-11-9-7-2/h26-27,29-30,54,56,61-62,66H,6-25,28,31-53,55,57-60H2,1-5H3,(H-,64,67,68,69)/p+1/b27-26-,30-29-,56-54+. The molecule has 3 N–H and O–H groups in total. The first-order chi connectivity index (χ1) is 35.0. The lowest BCUT2D eigenvalue weighted by molar-refractivity contribution is -0.870. The van der Waals surface area contributed by atoms with E-state index in [0.717, 1.165) is 44.9 Å². The summed E-state index contributed by atoms with van der Waals surface area (Å²) in [5.74, 6) is -0.173. The van der Waals surface area contributed by atoms with Crippen molar-refractivity contribution in [3.63, 3.8) is 0 Å². The molecule has 0 aromatic carbocycles. The van der Waals surface area contributed by atoms with E-state index >= 15 is 0 Å². The van der Waals surface area contributed by atoms with Gasteiger partial charge in [0.25, 0.3) is 0 Å². The molecule has 0 saturated heterocycles. The Hall–Kier alpha value is -1.28. The zero-order valence-electron chi connectivity index (χ0n) is 48.7. The predicted molar refractivity (Wildman–Crippen MR) is 314 cm³/mol. The van der Waals surface area contributed by atoms with Gasteiger partial charge in [-0.05, 0) is 51.4 Å². The minimum Gasteiger partial charge on any atom is -0.387 e. The molecule has 0 radical (unpaired) electrons. The Balaban J connectivity index is 4.09. The van der Waals surface area contributed by atoms with E-state index in [9.17, 15) is 19.4 Å². The predicted octanol–water partition coefficient (Wildman–Crippen LogP) is 19.3. The van der Waals surface area contributed by atoms with Crippen molar-refractivity contribution in [1.29, 1.82) is 0 Å². The van der Waals surface area contributed by atoms with Crippen LogP contribution in [0.3, 0.4) is 0 Å². The average molecular weight is 1040 g/mol. The summed E-state index contributed by atoms with van der Waals surface area (Å²) in [5, 5.41) is 14.0. The van der Waals surface area contributed by atoms with Crippen molar-refractivity contribution in [2.45, 2.75) is 321 Å². The highest BCUT2D eigenvalue weighted by molar-refractivity contribution is 7.47. The third-order valence-corrected chi connectivity index (χ3v) is 15.3. The number of phosphoric acid groups is 1. The van der Waals surface area contributed by atoms with Gasteiger partial charge in [-0.2, -0.15) is 0 Å². The van der Waals surface area contributed by atoms with Crippen LogP contribution in [0.5, 0.6) is 0 Å². The Morgan fingerprint density at radius 1 is 0.472 bits per heavy atom. The second kappa shape index (κ2) is 54.5. The van der Waals surface area contributed by atoms with Crippen LogP contribution in [0, 0.1) is 0 Å². The molecule has 0 spiro atoms. The molecule has 0 rings (SSSR count). The quantitative estimate of drug-likeness (QED) is 0.0243. The van der Waals surface area contributed by atoms with Crippen LogP contribution in [0.1, 0.15) is 309 Å². The van der Waals surface area contributed by atoms with Gasteiger partial charge in [-0.25, -0.2) is 4.57 Å². The number of hydrogen-bond acceptors (Lipinski definition) is 5. The van der Waals surface area contributed by atoms with Gasteiger partial charge in [0.15, 0.2) is 0 Å². The number of hydrogen-bond donors (Lipinski definition) is 3. The van der Waals surface area contributed by atoms with Gasteiger partial charge in [0, 0.05) is 6.42 Å². The highest BCUT2D eigenvalue weighted by Crippen LogP contribution is 2.43. The number of amides is 1. The van der Waals surface area contributed by atoms with Gasteiger partial charge in [-0.1, -0.05) is 288 Å². The molecule has 8 nitrogen and oxygen atoms in total. The Morgan fingerprint density at radius 2 is 0.792 bits per heavy atom. The maximum atomic E-state index is 13.0. The minimum absolute atomic E-state index is 0.0627. The van der Waals surface area contributed by atoms with Crippen molar-refractivity contribution < 1.29 is 32.9 Å². The zero-order chi connectivity index (χ0) is 52.7. The number of carbonyl (C=O) groups excluding carboxylic acids is 1. The molecule has 0 aromatic rings. The van der Waals surface area contributed by atoms with Gasteiger partial charge in [-0.15, -0.1) is 0 Å². The van der Waals surface area contributed by atoms with E-state index in [1.807, 2.05) is 27.2 Å². The highest BCUT2D eigenvalue weighted by Gasteiger charge is 2.27. The molecule has 0 heterocycles. The first-order valence-corrected chi connectivity index (χ1v) is 32.9. The largest absolute Gasteiger partial charge is 0.472 e. The second-order valence-corrected chi connectivity index (χ2v) is 24.2. The Morgan fingerprint density at radius 3 is 1.14 bits per heavy atom. The molecule has 0 saturated carbocycles. The molecule has 426 valence electrons. The van der Waals surface area contributed by atoms with Crippen LogP contribution in [0.2, 0.25) is 0 Å². The van der Waals surface area contributed by atoms with Crippen LogP contribution in [-0.4, -0.2) is 73.4 Å². The van der Waals surface area contributed by atoms with Crippen LogP contribution >= 0.6 is 7.82 Å². The normalized spacial score (nSPS) is 14.0. The number of quaternary nitrogens is 1. The van der Waals surface area contributed by atoms with Crippen LogP contribution in [0.25, 0.3) is 0 Å². The summed E-state index contributed by atoms with van der Waals surface area (Å²) in [4.78, 5) is 23.3. The lowest BCUT2D eigenvalue weighted by Gasteiger charge is -2.25. The molecular formula is C63H124N2O6P+. The van der Waals surface area contributed by atoms with Crippen molar-refractivity contribution in [2.24, 2.45) is 0 Å². The Kier molecular flexibility index (Phi) is 53.5. The van der Waals surface area contributed by atoms with Crippen LogP contribution in [-0.2, 0) is 18.4 Å². The van der Waals surface area contributed by atoms with E-state index in [-0.39, 0.29) is 19.1 Å².